The molecule has 5 rings (SSSR count). The largest absolute Gasteiger partial charge is 0.415 e. The molecule has 1 fully saturated rings. The lowest BCUT2D eigenvalue weighted by Gasteiger charge is -2.48. The number of nitrogens with zero attached hydrogens (tertiary/aromatic N) is 2. The molecule has 1 amide bonds. The van der Waals surface area contributed by atoms with Crippen molar-refractivity contribution in [1.29, 1.82) is 0 Å². The van der Waals surface area contributed by atoms with Gasteiger partial charge < -0.3 is 9.33 Å². The molecule has 0 bridgehead atoms. The molecule has 4 aromatic rings. The number of amides is 1. The van der Waals surface area contributed by atoms with E-state index in [1.807, 2.05) is 70.7 Å². The van der Waals surface area contributed by atoms with Crippen LogP contribution in [0.5, 0.6) is 0 Å². The van der Waals surface area contributed by atoms with Crippen LogP contribution < -0.4 is 0 Å². The lowest BCUT2D eigenvalue weighted by Crippen LogP contribution is -2.60. The number of benzene rings is 4. The maximum absolute atomic E-state index is 14.4. The molecule has 42 heavy (non-hydrogen) atoms. The Kier molecular flexibility index (Phi) is 8.85. The van der Waals surface area contributed by atoms with Crippen LogP contribution in [0, 0.1) is 6.92 Å². The van der Waals surface area contributed by atoms with Crippen molar-refractivity contribution in [2.24, 2.45) is 0 Å². The lowest BCUT2D eigenvalue weighted by molar-refractivity contribution is -0.142. The Labute approximate surface area is 254 Å². The standard InChI is InChI=1S/C35H42N2O3SSi/c1-26-19-21-29(22-20-26)41(39)37-24-33(38)36(23-27-13-8-7-9-14-27)32(25-40-42(5,6)35(2,3)4)34(37)31-18-12-16-28-15-10-11-17-30(28)31/h7-22,32,34H,23-25H2,1-6H3/t32-,34-,41+/m1/s1. The second-order valence-electron chi connectivity index (χ2n) is 12.8. The molecule has 0 aromatic heterocycles. The van der Waals surface area contributed by atoms with E-state index < -0.39 is 19.3 Å². The van der Waals surface area contributed by atoms with E-state index in [9.17, 15) is 9.00 Å². The van der Waals surface area contributed by atoms with Crippen molar-refractivity contribution < 1.29 is 13.4 Å². The predicted molar refractivity (Wildman–Crippen MR) is 175 cm³/mol. The van der Waals surface area contributed by atoms with E-state index in [0.29, 0.717) is 18.0 Å². The van der Waals surface area contributed by atoms with Crippen molar-refractivity contribution in [3.63, 3.8) is 0 Å². The molecule has 1 aliphatic rings. The van der Waals surface area contributed by atoms with Gasteiger partial charge in [-0.15, -0.1) is 0 Å². The predicted octanol–water partition coefficient (Wildman–Crippen LogP) is 7.65. The van der Waals surface area contributed by atoms with E-state index in [1.54, 1.807) is 0 Å². The highest BCUT2D eigenvalue weighted by Gasteiger charge is 2.46. The van der Waals surface area contributed by atoms with Gasteiger partial charge in [0.2, 0.25) is 5.91 Å². The van der Waals surface area contributed by atoms with Crippen LogP contribution in [0.1, 0.15) is 43.5 Å². The minimum atomic E-state index is -2.17. The summed E-state index contributed by atoms with van der Waals surface area (Å²) in [4.78, 5) is 16.7. The third-order valence-electron chi connectivity index (χ3n) is 8.88. The van der Waals surface area contributed by atoms with Crippen LogP contribution >= 0.6 is 0 Å². The summed E-state index contributed by atoms with van der Waals surface area (Å²) in [6, 6.07) is 31.8. The van der Waals surface area contributed by atoms with Crippen LogP contribution in [-0.4, -0.2) is 46.8 Å². The Balaban J connectivity index is 1.66. The molecular weight excluding hydrogens is 557 g/mol. The molecule has 0 saturated carbocycles. The molecule has 0 unspecified atom stereocenters. The number of hydrogen-bond acceptors (Lipinski definition) is 3. The Hall–Kier alpha value is -3.10. The van der Waals surface area contributed by atoms with E-state index in [1.165, 1.54) is 0 Å². The van der Waals surface area contributed by atoms with Crippen molar-refractivity contribution in [3.05, 3.63) is 114 Å². The van der Waals surface area contributed by atoms with Crippen molar-refractivity contribution in [3.8, 4) is 0 Å². The third kappa shape index (κ3) is 6.30. The average molecular weight is 599 g/mol. The smallest absolute Gasteiger partial charge is 0.238 e. The lowest BCUT2D eigenvalue weighted by atomic mass is 9.91. The van der Waals surface area contributed by atoms with Gasteiger partial charge in [0.25, 0.3) is 0 Å². The van der Waals surface area contributed by atoms with Crippen LogP contribution in [0.15, 0.2) is 102 Å². The summed E-state index contributed by atoms with van der Waals surface area (Å²) in [5.41, 5.74) is 3.22. The van der Waals surface area contributed by atoms with Crippen LogP contribution in [0.25, 0.3) is 10.8 Å². The first-order valence-corrected chi connectivity index (χ1v) is 18.7. The highest BCUT2D eigenvalue weighted by Crippen LogP contribution is 2.41. The molecule has 5 nitrogen and oxygen atoms in total. The number of fused-ring (bicyclic) bond motifs is 1. The van der Waals surface area contributed by atoms with Gasteiger partial charge in [0.1, 0.15) is 11.0 Å². The SMILES string of the molecule is Cc1ccc([S@](=O)N2CC(=O)N(Cc3ccccc3)[C@H](CO[Si](C)(C)C(C)(C)C)[C@H]2c2cccc3ccccc23)cc1. The summed E-state index contributed by atoms with van der Waals surface area (Å²) in [5.74, 6) is -0.0420. The van der Waals surface area contributed by atoms with Crippen molar-refractivity contribution in [1.82, 2.24) is 9.21 Å². The number of carbonyl (C=O) groups is 1. The first-order valence-electron chi connectivity index (χ1n) is 14.7. The second kappa shape index (κ2) is 12.2. The molecule has 0 N–H and O–H groups in total. The maximum Gasteiger partial charge on any atom is 0.238 e. The van der Waals surface area contributed by atoms with Gasteiger partial charge in [-0.05, 0) is 59.1 Å². The molecule has 1 aliphatic heterocycles. The molecular formula is C35H42N2O3SSi. The maximum atomic E-state index is 14.4. The minimum Gasteiger partial charge on any atom is -0.415 e. The first-order chi connectivity index (χ1) is 20.0. The zero-order valence-corrected chi connectivity index (χ0v) is 27.4. The first kappa shape index (κ1) is 30.4. The molecule has 3 atom stereocenters. The van der Waals surface area contributed by atoms with Crippen molar-refractivity contribution in [2.75, 3.05) is 13.2 Å². The van der Waals surface area contributed by atoms with Crippen molar-refractivity contribution in [2.45, 2.75) is 69.4 Å². The monoisotopic (exact) mass is 598 g/mol. The van der Waals surface area contributed by atoms with E-state index in [4.69, 9.17) is 4.43 Å². The van der Waals surface area contributed by atoms with Crippen LogP contribution in [0.3, 0.4) is 0 Å². The van der Waals surface area contributed by atoms with Gasteiger partial charge in [-0.3, -0.25) is 4.79 Å². The highest BCUT2D eigenvalue weighted by molar-refractivity contribution is 7.82. The molecule has 4 aromatic carbocycles. The number of hydrogen-bond donors (Lipinski definition) is 0. The van der Waals surface area contributed by atoms with Gasteiger partial charge in [-0.25, -0.2) is 8.51 Å². The van der Waals surface area contributed by atoms with Crippen LogP contribution in [-0.2, 0) is 26.8 Å². The van der Waals surface area contributed by atoms with Gasteiger partial charge in [-0.2, -0.15) is 0 Å². The average Bonchev–Trinajstić information content (AvgIpc) is 2.97. The normalized spacial score (nSPS) is 19.3. The highest BCUT2D eigenvalue weighted by atomic mass is 32.2. The van der Waals surface area contributed by atoms with Gasteiger partial charge in [0, 0.05) is 6.54 Å². The van der Waals surface area contributed by atoms with Gasteiger partial charge >= 0.3 is 0 Å². The molecule has 7 heteroatoms. The van der Waals surface area contributed by atoms with E-state index in [-0.39, 0.29) is 29.6 Å². The molecule has 1 saturated heterocycles. The molecule has 0 spiro atoms. The Bertz CT molecular complexity index is 1560. The van der Waals surface area contributed by atoms with Gasteiger partial charge in [0.05, 0.1) is 30.1 Å². The fourth-order valence-corrected chi connectivity index (χ4v) is 7.72. The summed E-state index contributed by atoms with van der Waals surface area (Å²) < 4.78 is 23.2. The topological polar surface area (TPSA) is 49.9 Å². The molecule has 0 radical (unpaired) electrons. The molecule has 220 valence electrons. The van der Waals surface area contributed by atoms with Gasteiger partial charge in [0.15, 0.2) is 8.32 Å². The third-order valence-corrected chi connectivity index (χ3v) is 14.8. The summed E-state index contributed by atoms with van der Waals surface area (Å²) >= 11 is 0. The van der Waals surface area contributed by atoms with E-state index in [2.05, 4.69) is 76.3 Å². The summed E-state index contributed by atoms with van der Waals surface area (Å²) in [7, 11) is -3.72. The fraction of sp³-hybridized carbons (Fsp3) is 0.343. The van der Waals surface area contributed by atoms with E-state index in [0.717, 1.165) is 27.5 Å². The number of rotatable bonds is 8. The molecule has 1 heterocycles. The zero-order chi connectivity index (χ0) is 30.1. The number of piperazine rings is 1. The quantitative estimate of drug-likeness (QED) is 0.196. The number of carbonyl (C=O) groups excluding carboxylic acids is 1. The Morgan fingerprint density at radius 1 is 0.881 bits per heavy atom. The summed E-state index contributed by atoms with van der Waals surface area (Å²) in [5, 5.41) is 2.23. The van der Waals surface area contributed by atoms with Crippen molar-refractivity contribution >= 4 is 36.0 Å². The van der Waals surface area contributed by atoms with Gasteiger partial charge in [-0.1, -0.05) is 111 Å². The van der Waals surface area contributed by atoms with Crippen LogP contribution in [0.2, 0.25) is 18.1 Å². The second-order valence-corrected chi connectivity index (χ2v) is 19.0. The van der Waals surface area contributed by atoms with Crippen LogP contribution in [0.4, 0.5) is 0 Å². The fourth-order valence-electron chi connectivity index (χ4n) is 5.37. The number of aryl methyl sites for hydroxylation is 1. The Morgan fingerprint density at radius 2 is 1.52 bits per heavy atom. The summed E-state index contributed by atoms with van der Waals surface area (Å²) in [6.45, 7) is 14.1. The zero-order valence-electron chi connectivity index (χ0n) is 25.5. The summed E-state index contributed by atoms with van der Waals surface area (Å²) in [6.07, 6.45) is 0. The van der Waals surface area contributed by atoms with E-state index >= 15 is 0 Å². The molecule has 0 aliphatic carbocycles. The Morgan fingerprint density at radius 3 is 2.21 bits per heavy atom. The minimum absolute atomic E-state index is 0.00921.